The van der Waals surface area contributed by atoms with Crippen LogP contribution in [0.15, 0.2) is 18.3 Å². The van der Waals surface area contributed by atoms with E-state index < -0.39 is 0 Å². The molecule has 0 aromatic carbocycles. The van der Waals surface area contributed by atoms with Gasteiger partial charge in [-0.15, -0.1) is 0 Å². The van der Waals surface area contributed by atoms with Crippen LogP contribution >= 0.6 is 0 Å². The monoisotopic (exact) mass is 273 g/mol. The van der Waals surface area contributed by atoms with Gasteiger partial charge in [0.2, 0.25) is 0 Å². The number of nitrogens with two attached hydrogens (primary N) is 1. The van der Waals surface area contributed by atoms with Crippen LogP contribution in [0, 0.1) is 5.92 Å². The number of likely N-dealkylation sites (tertiary alicyclic amines) is 1. The van der Waals surface area contributed by atoms with Gasteiger partial charge in [-0.2, -0.15) is 5.10 Å². The summed E-state index contributed by atoms with van der Waals surface area (Å²) in [7, 11) is 0. The summed E-state index contributed by atoms with van der Waals surface area (Å²) in [5, 5.41) is 4.60. The molecule has 1 aliphatic heterocycles. The first-order valence-corrected chi connectivity index (χ1v) is 7.55. The van der Waals surface area contributed by atoms with Gasteiger partial charge in [-0.25, -0.2) is 9.50 Å². The number of hydrogen-bond donors (Lipinski definition) is 1. The third kappa shape index (κ3) is 2.83. The van der Waals surface area contributed by atoms with E-state index >= 15 is 0 Å². The SMILES string of the molecule is CCN1CCCC(Cc2nc3ccc(CN)cn3n2)C1. The first kappa shape index (κ1) is 13.5. The van der Waals surface area contributed by atoms with Gasteiger partial charge in [0.1, 0.15) is 0 Å². The van der Waals surface area contributed by atoms with E-state index in [1.54, 1.807) is 0 Å². The fraction of sp³-hybridized carbons (Fsp3) is 0.600. The number of rotatable bonds is 4. The molecule has 1 fully saturated rings. The van der Waals surface area contributed by atoms with Crippen LogP contribution in [0.25, 0.3) is 5.65 Å². The Morgan fingerprint density at radius 1 is 1.40 bits per heavy atom. The Bertz CT molecular complexity index is 577. The Balaban J connectivity index is 1.74. The molecule has 1 aliphatic rings. The van der Waals surface area contributed by atoms with E-state index in [0.29, 0.717) is 12.5 Å². The normalized spacial score (nSPS) is 20.6. The molecule has 0 amide bonds. The van der Waals surface area contributed by atoms with E-state index in [-0.39, 0.29) is 0 Å². The standard InChI is InChI=1S/C15H23N5/c1-2-19-7-3-4-12(10-19)8-14-17-15-6-5-13(9-16)11-20(15)18-14/h5-6,11-12H,2-4,7-10,16H2,1H3. The molecule has 1 atom stereocenters. The number of fused-ring (bicyclic) bond motifs is 1. The van der Waals surface area contributed by atoms with Crippen molar-refractivity contribution in [2.75, 3.05) is 19.6 Å². The van der Waals surface area contributed by atoms with Gasteiger partial charge in [-0.05, 0) is 43.5 Å². The summed E-state index contributed by atoms with van der Waals surface area (Å²) in [5.74, 6) is 1.65. The van der Waals surface area contributed by atoms with Gasteiger partial charge >= 0.3 is 0 Å². The second-order valence-electron chi connectivity index (χ2n) is 5.68. The number of pyridine rings is 1. The molecule has 0 saturated carbocycles. The van der Waals surface area contributed by atoms with Gasteiger partial charge in [0.05, 0.1) is 0 Å². The van der Waals surface area contributed by atoms with Crippen molar-refractivity contribution in [2.24, 2.45) is 11.7 Å². The molecule has 0 bridgehead atoms. The van der Waals surface area contributed by atoms with Crippen LogP contribution in [0.2, 0.25) is 0 Å². The fourth-order valence-corrected chi connectivity index (χ4v) is 3.04. The lowest BCUT2D eigenvalue weighted by atomic mass is 9.94. The van der Waals surface area contributed by atoms with Gasteiger partial charge in [0.15, 0.2) is 11.5 Å². The minimum atomic E-state index is 0.541. The van der Waals surface area contributed by atoms with Gasteiger partial charge in [-0.1, -0.05) is 13.0 Å². The summed E-state index contributed by atoms with van der Waals surface area (Å²) in [6.07, 6.45) is 5.55. The lowest BCUT2D eigenvalue weighted by molar-refractivity contribution is 0.181. The van der Waals surface area contributed by atoms with Gasteiger partial charge in [0.25, 0.3) is 0 Å². The highest BCUT2D eigenvalue weighted by atomic mass is 15.3. The Morgan fingerprint density at radius 2 is 2.30 bits per heavy atom. The molecule has 5 heteroatoms. The van der Waals surface area contributed by atoms with Gasteiger partial charge in [0, 0.05) is 25.7 Å². The Hall–Kier alpha value is -1.46. The number of aromatic nitrogens is 3. The van der Waals surface area contributed by atoms with Crippen molar-refractivity contribution in [3.05, 3.63) is 29.7 Å². The fourth-order valence-electron chi connectivity index (χ4n) is 3.04. The zero-order valence-corrected chi connectivity index (χ0v) is 12.1. The van der Waals surface area contributed by atoms with Crippen LogP contribution in [0.3, 0.4) is 0 Å². The molecule has 5 nitrogen and oxygen atoms in total. The highest BCUT2D eigenvalue weighted by Gasteiger charge is 2.20. The molecule has 2 aromatic heterocycles. The zero-order chi connectivity index (χ0) is 13.9. The average molecular weight is 273 g/mol. The predicted octanol–water partition coefficient (Wildman–Crippen LogP) is 1.46. The van der Waals surface area contributed by atoms with Crippen LogP contribution in [0.1, 0.15) is 31.2 Å². The molecule has 3 heterocycles. The zero-order valence-electron chi connectivity index (χ0n) is 12.1. The molecule has 2 aromatic rings. The summed E-state index contributed by atoms with van der Waals surface area (Å²) < 4.78 is 1.86. The highest BCUT2D eigenvalue weighted by Crippen LogP contribution is 2.19. The Labute approximate surface area is 119 Å². The highest BCUT2D eigenvalue weighted by molar-refractivity contribution is 5.38. The molecule has 0 aliphatic carbocycles. The molecular weight excluding hydrogens is 250 g/mol. The minimum absolute atomic E-state index is 0.541. The molecule has 0 spiro atoms. The summed E-state index contributed by atoms with van der Waals surface area (Å²) in [6, 6.07) is 4.02. The maximum atomic E-state index is 5.66. The van der Waals surface area contributed by atoms with E-state index in [0.717, 1.165) is 30.0 Å². The van der Waals surface area contributed by atoms with Gasteiger partial charge in [-0.3, -0.25) is 0 Å². The second-order valence-corrected chi connectivity index (χ2v) is 5.68. The van der Waals surface area contributed by atoms with Crippen molar-refractivity contribution >= 4 is 5.65 Å². The van der Waals surface area contributed by atoms with E-state index in [1.807, 2.05) is 22.8 Å². The Kier molecular flexibility index (Phi) is 3.98. The quantitative estimate of drug-likeness (QED) is 0.916. The first-order valence-electron chi connectivity index (χ1n) is 7.55. The number of piperidine rings is 1. The van der Waals surface area contributed by atoms with E-state index in [2.05, 4.69) is 21.9 Å². The van der Waals surface area contributed by atoms with Crippen LogP contribution in [-0.2, 0) is 13.0 Å². The number of hydrogen-bond acceptors (Lipinski definition) is 4. The lowest BCUT2D eigenvalue weighted by Crippen LogP contribution is -2.36. The predicted molar refractivity (Wildman–Crippen MR) is 79.4 cm³/mol. The van der Waals surface area contributed by atoms with Crippen molar-refractivity contribution in [2.45, 2.75) is 32.7 Å². The van der Waals surface area contributed by atoms with Crippen molar-refractivity contribution < 1.29 is 0 Å². The smallest absolute Gasteiger partial charge is 0.155 e. The molecule has 2 N–H and O–H groups in total. The third-order valence-corrected chi connectivity index (χ3v) is 4.19. The molecule has 1 unspecified atom stereocenters. The summed E-state index contributed by atoms with van der Waals surface area (Å²) in [5.41, 5.74) is 7.66. The van der Waals surface area contributed by atoms with Crippen molar-refractivity contribution in [1.29, 1.82) is 0 Å². The number of nitrogens with zero attached hydrogens (tertiary/aromatic N) is 4. The van der Waals surface area contributed by atoms with E-state index in [9.17, 15) is 0 Å². The van der Waals surface area contributed by atoms with Crippen molar-refractivity contribution in [1.82, 2.24) is 19.5 Å². The van der Waals surface area contributed by atoms with Crippen molar-refractivity contribution in [3.8, 4) is 0 Å². The minimum Gasteiger partial charge on any atom is -0.326 e. The summed E-state index contributed by atoms with van der Waals surface area (Å²) >= 11 is 0. The van der Waals surface area contributed by atoms with Gasteiger partial charge < -0.3 is 10.6 Å². The second kappa shape index (κ2) is 5.89. The molecule has 3 rings (SSSR count). The molecule has 20 heavy (non-hydrogen) atoms. The molecule has 108 valence electrons. The summed E-state index contributed by atoms with van der Waals surface area (Å²) in [4.78, 5) is 7.15. The molecule has 0 radical (unpaired) electrons. The molecule has 1 saturated heterocycles. The average Bonchev–Trinajstić information content (AvgIpc) is 2.88. The maximum Gasteiger partial charge on any atom is 0.155 e. The van der Waals surface area contributed by atoms with E-state index in [1.165, 1.54) is 25.9 Å². The Morgan fingerprint density at radius 3 is 3.10 bits per heavy atom. The van der Waals surface area contributed by atoms with Crippen LogP contribution in [-0.4, -0.2) is 39.1 Å². The first-order chi connectivity index (χ1) is 9.78. The summed E-state index contributed by atoms with van der Waals surface area (Å²) in [6.45, 7) is 6.35. The van der Waals surface area contributed by atoms with Crippen LogP contribution < -0.4 is 5.73 Å². The third-order valence-electron chi connectivity index (χ3n) is 4.19. The van der Waals surface area contributed by atoms with Crippen LogP contribution in [0.4, 0.5) is 0 Å². The van der Waals surface area contributed by atoms with Crippen LogP contribution in [0.5, 0.6) is 0 Å². The topological polar surface area (TPSA) is 59.5 Å². The van der Waals surface area contributed by atoms with E-state index in [4.69, 9.17) is 5.73 Å². The molecular formula is C15H23N5. The largest absolute Gasteiger partial charge is 0.326 e. The lowest BCUT2D eigenvalue weighted by Gasteiger charge is -2.31. The maximum absolute atomic E-state index is 5.66. The van der Waals surface area contributed by atoms with Crippen molar-refractivity contribution in [3.63, 3.8) is 0 Å².